The molecule has 0 bridgehead atoms. The summed E-state index contributed by atoms with van der Waals surface area (Å²) in [7, 11) is 0. The molecule has 2 aromatic rings. The molecular weight excluding hydrogens is 315 g/mol. The van der Waals surface area contributed by atoms with E-state index in [0.29, 0.717) is 5.56 Å². The van der Waals surface area contributed by atoms with E-state index in [1.54, 1.807) is 18.2 Å². The van der Waals surface area contributed by atoms with Gasteiger partial charge in [-0.1, -0.05) is 24.3 Å². The molecule has 5 heteroatoms. The molecule has 1 fully saturated rings. The number of hydrogen-bond acceptors (Lipinski definition) is 2. The second kappa shape index (κ2) is 5.52. The summed E-state index contributed by atoms with van der Waals surface area (Å²) in [5.41, 5.74) is 2.14. The number of halogens is 3. The van der Waals surface area contributed by atoms with Crippen molar-refractivity contribution in [2.24, 2.45) is 5.92 Å². The van der Waals surface area contributed by atoms with Crippen LogP contribution in [0.4, 0.5) is 13.2 Å². The van der Waals surface area contributed by atoms with Gasteiger partial charge in [0.25, 0.3) is 0 Å². The predicted molar refractivity (Wildman–Crippen MR) is 84.9 cm³/mol. The van der Waals surface area contributed by atoms with Crippen LogP contribution in [0.15, 0.2) is 42.5 Å². The van der Waals surface area contributed by atoms with Crippen molar-refractivity contribution < 1.29 is 18.3 Å². The summed E-state index contributed by atoms with van der Waals surface area (Å²) < 4.78 is 39.3. The molecule has 0 spiro atoms. The number of nitrogens with one attached hydrogen (secondary N) is 1. The third kappa shape index (κ3) is 2.47. The molecule has 2 nitrogen and oxygen atoms in total. The van der Waals surface area contributed by atoms with Crippen LogP contribution in [0.25, 0.3) is 0 Å². The van der Waals surface area contributed by atoms with Crippen LogP contribution in [0.3, 0.4) is 0 Å². The molecule has 1 aliphatic heterocycles. The number of benzene rings is 2. The minimum atomic E-state index is -4.34. The Morgan fingerprint density at radius 2 is 1.88 bits per heavy atom. The van der Waals surface area contributed by atoms with Crippen LogP contribution in [0, 0.1) is 5.92 Å². The quantitative estimate of drug-likeness (QED) is 0.799. The Morgan fingerprint density at radius 1 is 1.04 bits per heavy atom. The number of phenols is 1. The van der Waals surface area contributed by atoms with Crippen LogP contribution < -0.4 is 5.32 Å². The molecule has 1 heterocycles. The van der Waals surface area contributed by atoms with Gasteiger partial charge >= 0.3 is 6.18 Å². The fourth-order valence-electron chi connectivity index (χ4n) is 4.29. The largest absolute Gasteiger partial charge is 0.508 e. The number of phenolic OH excluding ortho intramolecular Hbond substituents is 1. The van der Waals surface area contributed by atoms with Crippen molar-refractivity contribution in [3.63, 3.8) is 0 Å². The van der Waals surface area contributed by atoms with E-state index in [4.69, 9.17) is 0 Å². The molecule has 3 atom stereocenters. The summed E-state index contributed by atoms with van der Waals surface area (Å²) in [5, 5.41) is 13.3. The lowest BCUT2D eigenvalue weighted by molar-refractivity contribution is -0.137. The molecule has 0 radical (unpaired) electrons. The molecule has 1 aliphatic carbocycles. The Labute approximate surface area is 138 Å². The van der Waals surface area contributed by atoms with Gasteiger partial charge in [0.15, 0.2) is 0 Å². The van der Waals surface area contributed by atoms with Gasteiger partial charge in [-0.15, -0.1) is 0 Å². The Bertz CT molecular complexity index is 771. The summed E-state index contributed by atoms with van der Waals surface area (Å²) in [6.07, 6.45) is -2.36. The van der Waals surface area contributed by atoms with Crippen molar-refractivity contribution in [1.82, 2.24) is 5.32 Å². The van der Waals surface area contributed by atoms with Gasteiger partial charge in [0.05, 0.1) is 5.56 Å². The van der Waals surface area contributed by atoms with Gasteiger partial charge in [0.1, 0.15) is 5.75 Å². The van der Waals surface area contributed by atoms with Gasteiger partial charge in [-0.05, 0) is 60.2 Å². The molecule has 1 saturated heterocycles. The van der Waals surface area contributed by atoms with Crippen LogP contribution in [-0.2, 0) is 6.18 Å². The topological polar surface area (TPSA) is 32.3 Å². The fourth-order valence-corrected chi connectivity index (χ4v) is 4.29. The summed E-state index contributed by atoms with van der Waals surface area (Å²) in [5.74, 6) is 0.351. The lowest BCUT2D eigenvalue weighted by Gasteiger charge is -2.31. The molecule has 3 unspecified atom stereocenters. The molecule has 0 amide bonds. The van der Waals surface area contributed by atoms with E-state index < -0.39 is 11.7 Å². The third-order valence-electron chi connectivity index (χ3n) is 5.25. The second-order valence-electron chi connectivity index (χ2n) is 6.65. The van der Waals surface area contributed by atoms with E-state index >= 15 is 0 Å². The first-order chi connectivity index (χ1) is 11.4. The van der Waals surface area contributed by atoms with Crippen LogP contribution in [0.5, 0.6) is 5.75 Å². The SMILES string of the molecule is Oc1ccc2c(c1)C1NCCCC1C2c1cccc(C(F)(F)F)c1. The van der Waals surface area contributed by atoms with Gasteiger partial charge in [-0.25, -0.2) is 0 Å². The van der Waals surface area contributed by atoms with Crippen molar-refractivity contribution >= 4 is 0 Å². The van der Waals surface area contributed by atoms with Crippen LogP contribution in [0.1, 0.15) is 47.1 Å². The Morgan fingerprint density at radius 3 is 2.67 bits per heavy atom. The summed E-state index contributed by atoms with van der Waals surface area (Å²) in [6.45, 7) is 0.894. The highest BCUT2D eigenvalue weighted by Crippen LogP contribution is 2.52. The highest BCUT2D eigenvalue weighted by Gasteiger charge is 2.43. The number of hydrogen-bond donors (Lipinski definition) is 2. The Balaban J connectivity index is 1.83. The highest BCUT2D eigenvalue weighted by atomic mass is 19.4. The van der Waals surface area contributed by atoms with Gasteiger partial charge in [0, 0.05) is 12.0 Å². The first-order valence-electron chi connectivity index (χ1n) is 8.18. The predicted octanol–water partition coefficient (Wildman–Crippen LogP) is 4.60. The zero-order valence-electron chi connectivity index (χ0n) is 13.0. The second-order valence-corrected chi connectivity index (χ2v) is 6.65. The minimum Gasteiger partial charge on any atom is -0.508 e. The van der Waals surface area contributed by atoms with Crippen molar-refractivity contribution in [3.8, 4) is 5.75 Å². The zero-order valence-corrected chi connectivity index (χ0v) is 13.0. The first-order valence-corrected chi connectivity index (χ1v) is 8.18. The summed E-state index contributed by atoms with van der Waals surface area (Å²) >= 11 is 0. The third-order valence-corrected chi connectivity index (χ3v) is 5.25. The van der Waals surface area contributed by atoms with Crippen LogP contribution >= 0.6 is 0 Å². The van der Waals surface area contributed by atoms with E-state index in [0.717, 1.165) is 36.6 Å². The monoisotopic (exact) mass is 333 g/mol. The van der Waals surface area contributed by atoms with Crippen molar-refractivity contribution in [2.45, 2.75) is 31.0 Å². The molecule has 0 aromatic heterocycles. The standard InChI is InChI=1S/C19H18F3NO/c20-19(21,22)12-4-1-3-11(9-12)17-14-7-6-13(24)10-16(14)18-15(17)5-2-8-23-18/h1,3-4,6-7,9-10,15,17-18,23-24H,2,5,8H2. The number of rotatable bonds is 1. The molecule has 4 rings (SSSR count). The molecule has 2 aromatic carbocycles. The number of alkyl halides is 3. The van der Waals surface area contributed by atoms with Gasteiger partial charge in [-0.3, -0.25) is 0 Å². The van der Waals surface area contributed by atoms with Gasteiger partial charge < -0.3 is 10.4 Å². The average molecular weight is 333 g/mol. The Kier molecular flexibility index (Phi) is 3.57. The highest BCUT2D eigenvalue weighted by molar-refractivity contribution is 5.49. The summed E-state index contributed by atoms with van der Waals surface area (Å²) in [4.78, 5) is 0. The molecule has 0 saturated carbocycles. The average Bonchev–Trinajstić information content (AvgIpc) is 2.88. The van der Waals surface area contributed by atoms with Crippen molar-refractivity contribution in [3.05, 3.63) is 64.7 Å². The van der Waals surface area contributed by atoms with Crippen LogP contribution in [-0.4, -0.2) is 11.7 Å². The number of piperidine rings is 1. The lowest BCUT2D eigenvalue weighted by Crippen LogP contribution is -2.33. The van der Waals surface area contributed by atoms with Crippen LogP contribution in [0.2, 0.25) is 0 Å². The van der Waals surface area contributed by atoms with Crippen molar-refractivity contribution in [1.29, 1.82) is 0 Å². The van der Waals surface area contributed by atoms with E-state index in [9.17, 15) is 18.3 Å². The van der Waals surface area contributed by atoms with Gasteiger partial charge in [-0.2, -0.15) is 13.2 Å². The van der Waals surface area contributed by atoms with E-state index in [1.165, 1.54) is 12.1 Å². The normalized spacial score (nSPS) is 26.0. The lowest BCUT2D eigenvalue weighted by atomic mass is 9.80. The first kappa shape index (κ1) is 15.5. The molecule has 24 heavy (non-hydrogen) atoms. The summed E-state index contributed by atoms with van der Waals surface area (Å²) in [6, 6.07) is 11.0. The van der Waals surface area contributed by atoms with E-state index in [-0.39, 0.29) is 23.6 Å². The Hall–Kier alpha value is -2.01. The number of fused-ring (bicyclic) bond motifs is 3. The molecular formula is C19H18F3NO. The fraction of sp³-hybridized carbons (Fsp3) is 0.368. The minimum absolute atomic E-state index is 0.0688. The van der Waals surface area contributed by atoms with E-state index in [1.807, 2.05) is 6.07 Å². The molecule has 2 N–H and O–H groups in total. The molecule has 2 aliphatic rings. The number of aromatic hydroxyl groups is 1. The van der Waals surface area contributed by atoms with E-state index in [2.05, 4.69) is 5.32 Å². The smallest absolute Gasteiger partial charge is 0.416 e. The maximum atomic E-state index is 13.1. The maximum absolute atomic E-state index is 13.1. The van der Waals surface area contributed by atoms with Crippen molar-refractivity contribution in [2.75, 3.05) is 6.54 Å². The zero-order chi connectivity index (χ0) is 16.9. The maximum Gasteiger partial charge on any atom is 0.416 e. The van der Waals surface area contributed by atoms with Gasteiger partial charge in [0.2, 0.25) is 0 Å². The molecule has 126 valence electrons.